The molecule has 0 aliphatic heterocycles. The van der Waals surface area contributed by atoms with Crippen molar-refractivity contribution >= 4 is 17.4 Å². The Morgan fingerprint density at radius 1 is 1.19 bits per heavy atom. The van der Waals surface area contributed by atoms with Gasteiger partial charge in [-0.25, -0.2) is 9.07 Å². The number of carbonyl (C=O) groups is 2. The molecule has 3 rings (SSSR count). The molecular weight excluding hydrogens is 345 g/mol. The van der Waals surface area contributed by atoms with Crippen molar-refractivity contribution in [1.29, 1.82) is 0 Å². The third kappa shape index (κ3) is 2.90. The van der Waals surface area contributed by atoms with E-state index in [4.69, 9.17) is 5.11 Å². The van der Waals surface area contributed by atoms with Crippen molar-refractivity contribution < 1.29 is 24.2 Å². The van der Waals surface area contributed by atoms with E-state index in [0.29, 0.717) is 11.1 Å². The van der Waals surface area contributed by atoms with Gasteiger partial charge in [-0.3, -0.25) is 18.9 Å². The zero-order valence-corrected chi connectivity index (χ0v) is 13.6. The summed E-state index contributed by atoms with van der Waals surface area (Å²) in [4.78, 5) is 35.1. The number of aromatic hydroxyl groups is 1. The molecule has 3 N–H and O–H groups in total. The monoisotopic (exact) mass is 359 g/mol. The van der Waals surface area contributed by atoms with Crippen molar-refractivity contribution in [2.75, 3.05) is 6.54 Å². The fourth-order valence-corrected chi connectivity index (χ4v) is 2.62. The molecule has 0 bridgehead atoms. The number of aromatic nitrogens is 2. The zero-order chi connectivity index (χ0) is 19.0. The molecule has 2 heterocycles. The third-order valence-corrected chi connectivity index (χ3v) is 3.92. The number of aryl methyl sites for hydroxylation is 1. The molecule has 26 heavy (non-hydrogen) atoms. The molecule has 1 amide bonds. The molecule has 0 fully saturated rings. The lowest BCUT2D eigenvalue weighted by atomic mass is 10.1. The molecule has 0 atom stereocenters. The zero-order valence-electron chi connectivity index (χ0n) is 13.6. The minimum Gasteiger partial charge on any atom is -0.505 e. The highest BCUT2D eigenvalue weighted by molar-refractivity contribution is 6.00. The van der Waals surface area contributed by atoms with Gasteiger partial charge in [0.25, 0.3) is 11.5 Å². The Morgan fingerprint density at radius 3 is 2.46 bits per heavy atom. The number of rotatable bonds is 4. The first kappa shape index (κ1) is 17.2. The summed E-state index contributed by atoms with van der Waals surface area (Å²) in [7, 11) is 1.40. The van der Waals surface area contributed by atoms with Crippen LogP contribution in [-0.4, -0.2) is 37.8 Å². The Balaban J connectivity index is 2.15. The minimum absolute atomic E-state index is 0.173. The predicted octanol–water partition coefficient (Wildman–Crippen LogP) is 0.964. The van der Waals surface area contributed by atoms with E-state index >= 15 is 0 Å². The predicted molar refractivity (Wildman–Crippen MR) is 89.7 cm³/mol. The molecule has 0 saturated carbocycles. The molecule has 134 valence electrons. The summed E-state index contributed by atoms with van der Waals surface area (Å²) in [6, 6.07) is 7.18. The fourth-order valence-electron chi connectivity index (χ4n) is 2.62. The second-order valence-corrected chi connectivity index (χ2v) is 5.59. The normalized spacial score (nSPS) is 10.8. The largest absolute Gasteiger partial charge is 0.505 e. The molecule has 1 aromatic carbocycles. The van der Waals surface area contributed by atoms with Gasteiger partial charge >= 0.3 is 5.97 Å². The number of carboxylic acid groups (broad SMARTS) is 1. The van der Waals surface area contributed by atoms with E-state index in [1.54, 1.807) is 18.3 Å². The lowest BCUT2D eigenvalue weighted by molar-refractivity contribution is -0.135. The van der Waals surface area contributed by atoms with Crippen LogP contribution in [-0.2, 0) is 11.8 Å². The summed E-state index contributed by atoms with van der Waals surface area (Å²) in [5, 5.41) is 21.1. The number of amides is 1. The van der Waals surface area contributed by atoms with Crippen LogP contribution in [0.25, 0.3) is 16.6 Å². The van der Waals surface area contributed by atoms with Crippen molar-refractivity contribution in [3.05, 3.63) is 58.3 Å². The number of hydrogen-bond acceptors (Lipinski definition) is 4. The Bertz CT molecular complexity index is 1080. The molecule has 0 saturated heterocycles. The van der Waals surface area contributed by atoms with Crippen LogP contribution in [0.1, 0.15) is 10.4 Å². The number of aliphatic carboxylic acids is 1. The number of fused-ring (bicyclic) bond motifs is 1. The van der Waals surface area contributed by atoms with Crippen LogP contribution in [0.5, 0.6) is 5.75 Å². The Kier molecular flexibility index (Phi) is 4.21. The maximum atomic E-state index is 13.1. The Morgan fingerprint density at radius 2 is 1.85 bits per heavy atom. The molecular formula is C17H14FN3O5. The van der Waals surface area contributed by atoms with Gasteiger partial charge in [0.15, 0.2) is 5.75 Å². The number of nitrogens with zero attached hydrogens (tertiary/aromatic N) is 2. The molecule has 8 nitrogen and oxygen atoms in total. The number of carbonyl (C=O) groups excluding carboxylic acids is 1. The van der Waals surface area contributed by atoms with E-state index in [-0.39, 0.29) is 5.52 Å². The lowest BCUT2D eigenvalue weighted by Crippen LogP contribution is -2.36. The molecule has 0 spiro atoms. The van der Waals surface area contributed by atoms with Crippen molar-refractivity contribution in [3.8, 4) is 16.9 Å². The minimum atomic E-state index is -1.28. The first-order chi connectivity index (χ1) is 12.3. The summed E-state index contributed by atoms with van der Waals surface area (Å²) >= 11 is 0. The number of carboxylic acids is 1. The lowest BCUT2D eigenvalue weighted by Gasteiger charge is -2.10. The van der Waals surface area contributed by atoms with E-state index in [0.717, 1.165) is 4.68 Å². The van der Waals surface area contributed by atoms with E-state index in [1.165, 1.54) is 29.8 Å². The average Bonchev–Trinajstić information content (AvgIpc) is 3.04. The molecule has 0 unspecified atom stereocenters. The van der Waals surface area contributed by atoms with Crippen LogP contribution in [0.3, 0.4) is 0 Å². The van der Waals surface area contributed by atoms with Crippen LogP contribution in [0.15, 0.2) is 41.3 Å². The maximum Gasteiger partial charge on any atom is 0.322 e. The summed E-state index contributed by atoms with van der Waals surface area (Å²) in [5.74, 6) is -3.23. The number of benzene rings is 1. The van der Waals surface area contributed by atoms with Crippen LogP contribution >= 0.6 is 0 Å². The molecule has 0 radical (unpaired) electrons. The van der Waals surface area contributed by atoms with Crippen molar-refractivity contribution in [3.63, 3.8) is 0 Å². The Hall–Kier alpha value is -3.62. The fraction of sp³-hybridized carbons (Fsp3) is 0.118. The van der Waals surface area contributed by atoms with Gasteiger partial charge in [-0.05, 0) is 23.8 Å². The summed E-state index contributed by atoms with van der Waals surface area (Å²) in [6.07, 6.45) is 1.56. The second kappa shape index (κ2) is 6.36. The smallest absolute Gasteiger partial charge is 0.322 e. The van der Waals surface area contributed by atoms with E-state index in [9.17, 15) is 23.9 Å². The van der Waals surface area contributed by atoms with Gasteiger partial charge in [-0.2, -0.15) is 0 Å². The first-order valence-corrected chi connectivity index (χ1v) is 7.50. The van der Waals surface area contributed by atoms with Crippen molar-refractivity contribution in [2.45, 2.75) is 0 Å². The number of nitrogens with one attached hydrogen (secondary N) is 1. The van der Waals surface area contributed by atoms with Gasteiger partial charge in [0, 0.05) is 18.8 Å². The van der Waals surface area contributed by atoms with Gasteiger partial charge in [0.2, 0.25) is 0 Å². The van der Waals surface area contributed by atoms with Crippen LogP contribution in [0.2, 0.25) is 0 Å². The third-order valence-electron chi connectivity index (χ3n) is 3.92. The average molecular weight is 359 g/mol. The van der Waals surface area contributed by atoms with Crippen molar-refractivity contribution in [1.82, 2.24) is 14.5 Å². The van der Waals surface area contributed by atoms with Gasteiger partial charge in [-0.1, -0.05) is 12.1 Å². The number of hydrogen-bond donors (Lipinski definition) is 3. The van der Waals surface area contributed by atoms with Crippen molar-refractivity contribution in [2.24, 2.45) is 7.05 Å². The standard InChI is InChI=1S/C17H14FN3O5/c1-20-17(26)14(16(25)19-7-13(22)23)15(24)12-6-10(8-21(12)20)9-2-4-11(18)5-3-9/h2-6,8,24H,7H2,1H3,(H,19,25)(H,22,23). The van der Waals surface area contributed by atoms with Crippen LogP contribution in [0, 0.1) is 5.82 Å². The summed E-state index contributed by atoms with van der Waals surface area (Å²) in [5.41, 5.74) is 0.0771. The van der Waals surface area contributed by atoms with Crippen LogP contribution < -0.4 is 10.9 Å². The topological polar surface area (TPSA) is 113 Å². The molecule has 0 aliphatic carbocycles. The van der Waals surface area contributed by atoms with E-state index in [1.807, 2.05) is 0 Å². The van der Waals surface area contributed by atoms with E-state index in [2.05, 4.69) is 5.32 Å². The number of halogens is 1. The molecule has 3 aromatic rings. The summed E-state index contributed by atoms with van der Waals surface area (Å²) in [6.45, 7) is -0.686. The summed E-state index contributed by atoms with van der Waals surface area (Å²) < 4.78 is 15.5. The van der Waals surface area contributed by atoms with Crippen LogP contribution in [0.4, 0.5) is 4.39 Å². The van der Waals surface area contributed by atoms with Gasteiger partial charge in [0.05, 0.1) is 0 Å². The quantitative estimate of drug-likeness (QED) is 0.642. The second-order valence-electron chi connectivity index (χ2n) is 5.59. The molecule has 0 aliphatic rings. The Labute approximate surface area is 145 Å². The maximum absolute atomic E-state index is 13.1. The molecule has 9 heteroatoms. The first-order valence-electron chi connectivity index (χ1n) is 7.50. The SMILES string of the molecule is Cn1c(=O)c(C(=O)NCC(=O)O)c(O)c2cc(-c3ccc(F)cc3)cn21. The highest BCUT2D eigenvalue weighted by Gasteiger charge is 2.22. The van der Waals surface area contributed by atoms with Gasteiger partial charge < -0.3 is 15.5 Å². The van der Waals surface area contributed by atoms with E-state index < -0.39 is 41.1 Å². The van der Waals surface area contributed by atoms with Gasteiger partial charge in [0.1, 0.15) is 23.4 Å². The highest BCUT2D eigenvalue weighted by Crippen LogP contribution is 2.28. The highest BCUT2D eigenvalue weighted by atomic mass is 19.1. The molecule has 2 aromatic heterocycles. The van der Waals surface area contributed by atoms with Gasteiger partial charge in [-0.15, -0.1) is 0 Å².